The zero-order valence-electron chi connectivity index (χ0n) is 14.8. The Morgan fingerprint density at radius 3 is 2.93 bits per heavy atom. The molecule has 1 aliphatic rings. The van der Waals surface area contributed by atoms with Crippen molar-refractivity contribution in [2.45, 2.75) is 45.1 Å². The van der Waals surface area contributed by atoms with Crippen LogP contribution in [0.5, 0.6) is 0 Å². The second-order valence-electron chi connectivity index (χ2n) is 6.77. The number of thiophene rings is 1. The van der Waals surface area contributed by atoms with Crippen LogP contribution >= 0.6 is 22.9 Å². The average molecular weight is 402 g/mol. The van der Waals surface area contributed by atoms with Crippen molar-refractivity contribution >= 4 is 39.1 Å². The molecule has 27 heavy (non-hydrogen) atoms. The van der Waals surface area contributed by atoms with Crippen molar-refractivity contribution in [2.75, 3.05) is 0 Å². The van der Waals surface area contributed by atoms with Crippen molar-refractivity contribution in [2.24, 2.45) is 0 Å². The number of hydrogen-bond donors (Lipinski definition) is 2. The normalized spacial score (nSPS) is 13.5. The Morgan fingerprint density at radius 1 is 1.26 bits per heavy atom. The van der Waals surface area contributed by atoms with E-state index in [1.165, 1.54) is 16.9 Å². The molecular formula is C20H20ClN3O2S. The molecule has 140 valence electrons. The molecule has 2 aromatic heterocycles. The summed E-state index contributed by atoms with van der Waals surface area (Å²) in [6.45, 7) is 0.388. The molecule has 1 aromatic carbocycles. The Labute approximate surface area is 165 Å². The fraction of sp³-hybridized carbons (Fsp3) is 0.350. The van der Waals surface area contributed by atoms with Gasteiger partial charge in [-0.1, -0.05) is 29.8 Å². The van der Waals surface area contributed by atoms with E-state index in [9.17, 15) is 9.59 Å². The van der Waals surface area contributed by atoms with Gasteiger partial charge in [0.05, 0.1) is 5.39 Å². The summed E-state index contributed by atoms with van der Waals surface area (Å²) in [5.41, 5.74) is 1.98. The highest BCUT2D eigenvalue weighted by Crippen LogP contribution is 2.33. The predicted molar refractivity (Wildman–Crippen MR) is 109 cm³/mol. The smallest absolute Gasteiger partial charge is 0.259 e. The van der Waals surface area contributed by atoms with E-state index in [1.54, 1.807) is 17.4 Å². The SMILES string of the molecule is O=C(CCc1nc2sc3c(c2c(=O)[nH]1)CCCC3)NCc1ccccc1Cl. The fourth-order valence-electron chi connectivity index (χ4n) is 3.48. The van der Waals surface area contributed by atoms with E-state index in [0.29, 0.717) is 23.8 Å². The first kappa shape index (κ1) is 18.2. The molecular weight excluding hydrogens is 382 g/mol. The van der Waals surface area contributed by atoms with Gasteiger partial charge in [-0.2, -0.15) is 0 Å². The largest absolute Gasteiger partial charge is 0.352 e. The number of halogens is 1. The highest BCUT2D eigenvalue weighted by molar-refractivity contribution is 7.18. The summed E-state index contributed by atoms with van der Waals surface area (Å²) >= 11 is 7.72. The van der Waals surface area contributed by atoms with Crippen LogP contribution in [0.1, 0.15) is 41.1 Å². The summed E-state index contributed by atoms with van der Waals surface area (Å²) in [5, 5.41) is 4.25. The van der Waals surface area contributed by atoms with Crippen LogP contribution in [0.15, 0.2) is 29.1 Å². The number of aromatic nitrogens is 2. The van der Waals surface area contributed by atoms with Crippen molar-refractivity contribution in [3.8, 4) is 0 Å². The van der Waals surface area contributed by atoms with E-state index >= 15 is 0 Å². The van der Waals surface area contributed by atoms with Crippen LogP contribution in [0, 0.1) is 0 Å². The topological polar surface area (TPSA) is 74.8 Å². The summed E-state index contributed by atoms with van der Waals surface area (Å²) in [4.78, 5) is 34.2. The monoisotopic (exact) mass is 401 g/mol. The van der Waals surface area contributed by atoms with Gasteiger partial charge in [0.15, 0.2) is 0 Å². The van der Waals surface area contributed by atoms with Gasteiger partial charge in [-0.25, -0.2) is 4.98 Å². The summed E-state index contributed by atoms with van der Waals surface area (Å²) in [5.74, 6) is 0.474. The molecule has 1 aliphatic carbocycles. The number of rotatable bonds is 5. The Morgan fingerprint density at radius 2 is 2.07 bits per heavy atom. The molecule has 0 saturated carbocycles. The molecule has 0 fully saturated rings. The molecule has 0 bridgehead atoms. The first-order valence-corrected chi connectivity index (χ1v) is 10.3. The average Bonchev–Trinajstić information content (AvgIpc) is 3.04. The number of amides is 1. The molecule has 2 N–H and O–H groups in total. The highest BCUT2D eigenvalue weighted by atomic mass is 35.5. The van der Waals surface area contributed by atoms with Gasteiger partial charge in [-0.15, -0.1) is 11.3 Å². The second kappa shape index (κ2) is 7.82. The summed E-state index contributed by atoms with van der Waals surface area (Å²) < 4.78 is 0. The van der Waals surface area contributed by atoms with Crippen LogP contribution < -0.4 is 10.9 Å². The van der Waals surface area contributed by atoms with Crippen LogP contribution in [0.4, 0.5) is 0 Å². The molecule has 5 nitrogen and oxygen atoms in total. The quantitative estimate of drug-likeness (QED) is 0.683. The van der Waals surface area contributed by atoms with E-state index in [1.807, 2.05) is 18.2 Å². The lowest BCUT2D eigenvalue weighted by atomic mass is 9.97. The molecule has 0 spiro atoms. The van der Waals surface area contributed by atoms with Gasteiger partial charge in [0.1, 0.15) is 10.7 Å². The number of aryl methyl sites for hydroxylation is 3. The standard InChI is InChI=1S/C20H20ClN3O2S/c21-14-7-3-1-5-12(14)11-22-17(25)10-9-16-23-19(26)18-13-6-2-4-8-15(13)27-20(18)24-16/h1,3,5,7H,2,4,6,8-11H2,(H,22,25)(H,23,24,26). The number of aromatic amines is 1. The zero-order chi connectivity index (χ0) is 18.8. The molecule has 0 aliphatic heterocycles. The molecule has 2 heterocycles. The van der Waals surface area contributed by atoms with Gasteiger partial charge in [-0.05, 0) is 42.9 Å². The van der Waals surface area contributed by atoms with Gasteiger partial charge < -0.3 is 10.3 Å². The molecule has 0 atom stereocenters. The molecule has 4 rings (SSSR count). The number of H-pyrrole nitrogens is 1. The number of carbonyl (C=O) groups is 1. The molecule has 0 unspecified atom stereocenters. The van der Waals surface area contributed by atoms with Gasteiger partial charge in [0.2, 0.25) is 5.91 Å². The first-order valence-electron chi connectivity index (χ1n) is 9.15. The van der Waals surface area contributed by atoms with Crippen molar-refractivity contribution in [3.05, 3.63) is 61.5 Å². The van der Waals surface area contributed by atoms with E-state index in [4.69, 9.17) is 11.6 Å². The third-order valence-corrected chi connectivity index (χ3v) is 6.45. The maximum Gasteiger partial charge on any atom is 0.259 e. The molecule has 0 saturated heterocycles. The third-order valence-electron chi connectivity index (χ3n) is 4.90. The summed E-state index contributed by atoms with van der Waals surface area (Å²) in [6, 6.07) is 7.42. The van der Waals surface area contributed by atoms with Gasteiger partial charge in [0, 0.05) is 29.3 Å². The predicted octanol–water partition coefficient (Wildman–Crippen LogP) is 3.77. The van der Waals surface area contributed by atoms with E-state index in [2.05, 4.69) is 15.3 Å². The number of nitrogens with one attached hydrogen (secondary N) is 2. The zero-order valence-corrected chi connectivity index (χ0v) is 16.4. The second-order valence-corrected chi connectivity index (χ2v) is 8.26. The van der Waals surface area contributed by atoms with Crippen molar-refractivity contribution in [1.29, 1.82) is 0 Å². The van der Waals surface area contributed by atoms with Gasteiger partial charge in [0.25, 0.3) is 5.56 Å². The first-order chi connectivity index (χ1) is 13.1. The molecule has 7 heteroatoms. The minimum atomic E-state index is -0.0943. The minimum absolute atomic E-state index is 0.0779. The van der Waals surface area contributed by atoms with E-state index in [0.717, 1.165) is 35.0 Å². The maximum absolute atomic E-state index is 12.5. The number of nitrogens with zero attached hydrogens (tertiary/aromatic N) is 1. The molecule has 1 amide bonds. The Hall–Kier alpha value is -2.18. The van der Waals surface area contributed by atoms with Crippen LogP contribution in [-0.2, 0) is 30.6 Å². The highest BCUT2D eigenvalue weighted by Gasteiger charge is 2.19. The van der Waals surface area contributed by atoms with E-state index < -0.39 is 0 Å². The molecule has 3 aromatic rings. The maximum atomic E-state index is 12.5. The van der Waals surface area contributed by atoms with Crippen LogP contribution in [-0.4, -0.2) is 15.9 Å². The van der Waals surface area contributed by atoms with Crippen molar-refractivity contribution in [3.63, 3.8) is 0 Å². The van der Waals surface area contributed by atoms with Gasteiger partial charge >= 0.3 is 0 Å². The summed E-state index contributed by atoms with van der Waals surface area (Å²) in [7, 11) is 0. The minimum Gasteiger partial charge on any atom is -0.352 e. The van der Waals surface area contributed by atoms with Crippen LogP contribution in [0.25, 0.3) is 10.2 Å². The Balaban J connectivity index is 1.42. The lowest BCUT2D eigenvalue weighted by molar-refractivity contribution is -0.121. The van der Waals surface area contributed by atoms with Crippen LogP contribution in [0.2, 0.25) is 5.02 Å². The van der Waals surface area contributed by atoms with Crippen molar-refractivity contribution in [1.82, 2.24) is 15.3 Å². The number of benzene rings is 1. The Kier molecular flexibility index (Phi) is 5.27. The lowest BCUT2D eigenvalue weighted by Gasteiger charge is -2.09. The summed E-state index contributed by atoms with van der Waals surface area (Å²) in [6.07, 6.45) is 4.98. The molecule has 0 radical (unpaired) electrons. The van der Waals surface area contributed by atoms with Gasteiger partial charge in [-0.3, -0.25) is 9.59 Å². The third kappa shape index (κ3) is 3.92. The lowest BCUT2D eigenvalue weighted by Crippen LogP contribution is -2.24. The Bertz CT molecular complexity index is 1060. The van der Waals surface area contributed by atoms with Crippen LogP contribution in [0.3, 0.4) is 0 Å². The number of hydrogen-bond acceptors (Lipinski definition) is 4. The van der Waals surface area contributed by atoms with E-state index in [-0.39, 0.29) is 17.9 Å². The number of carbonyl (C=O) groups excluding carboxylic acids is 1. The fourth-order valence-corrected chi connectivity index (χ4v) is 4.97. The number of fused-ring (bicyclic) bond motifs is 3. The van der Waals surface area contributed by atoms with Crippen molar-refractivity contribution < 1.29 is 4.79 Å².